The number of carbonyl (C=O) groups excluding carboxylic acids is 1. The fourth-order valence-electron chi connectivity index (χ4n) is 2.79. The van der Waals surface area contributed by atoms with Crippen molar-refractivity contribution in [1.29, 1.82) is 0 Å². The Balaban J connectivity index is 0.00000208. The number of fused-ring (bicyclic) bond motifs is 1. The zero-order valence-corrected chi connectivity index (χ0v) is 15.5. The highest BCUT2D eigenvalue weighted by Gasteiger charge is 2.17. The first-order valence-corrected chi connectivity index (χ1v) is 8.48. The molecule has 0 spiro atoms. The normalized spacial score (nSPS) is 12.9. The molecule has 1 aliphatic heterocycles. The van der Waals surface area contributed by atoms with Crippen molar-refractivity contribution in [2.75, 3.05) is 11.9 Å². The number of anilines is 1. The molecule has 24 heavy (non-hydrogen) atoms. The molecule has 0 aliphatic carbocycles. The van der Waals surface area contributed by atoms with Crippen molar-refractivity contribution in [3.8, 4) is 0 Å². The van der Waals surface area contributed by atoms with Gasteiger partial charge in [0.1, 0.15) is 5.82 Å². The molecule has 1 aliphatic rings. The molecule has 0 fully saturated rings. The number of amides is 1. The summed E-state index contributed by atoms with van der Waals surface area (Å²) in [5.74, 6) is -0.461. The van der Waals surface area contributed by atoms with E-state index in [0.29, 0.717) is 31.4 Å². The Morgan fingerprint density at radius 2 is 2.12 bits per heavy atom. The molecule has 0 bridgehead atoms. The molecule has 2 aromatic carbocycles. The van der Waals surface area contributed by atoms with Crippen LogP contribution in [0.2, 0.25) is 0 Å². The van der Waals surface area contributed by atoms with Crippen LogP contribution in [0.4, 0.5) is 10.1 Å². The van der Waals surface area contributed by atoms with E-state index in [4.69, 9.17) is 0 Å². The lowest BCUT2D eigenvalue weighted by Crippen LogP contribution is -2.25. The predicted octanol–water partition coefficient (Wildman–Crippen LogP) is 4.23. The van der Waals surface area contributed by atoms with E-state index < -0.39 is 0 Å². The number of hydrogen-bond acceptors (Lipinski definition) is 2. The topological polar surface area (TPSA) is 41.1 Å². The van der Waals surface area contributed by atoms with Gasteiger partial charge in [0.2, 0.25) is 5.91 Å². The highest BCUT2D eigenvalue weighted by atomic mass is 79.9. The molecular weight excluding hydrogens is 395 g/mol. The van der Waals surface area contributed by atoms with E-state index >= 15 is 0 Å². The molecule has 3 rings (SSSR count). The van der Waals surface area contributed by atoms with E-state index in [1.54, 1.807) is 6.07 Å². The summed E-state index contributed by atoms with van der Waals surface area (Å²) in [6.45, 7) is 1.45. The summed E-state index contributed by atoms with van der Waals surface area (Å²) in [6, 6.07) is 11.4. The molecule has 0 saturated carbocycles. The maximum Gasteiger partial charge on any atom is 0.224 e. The van der Waals surface area contributed by atoms with Crippen LogP contribution >= 0.6 is 28.3 Å². The molecule has 0 saturated heterocycles. The van der Waals surface area contributed by atoms with E-state index in [9.17, 15) is 9.18 Å². The minimum absolute atomic E-state index is 0. The van der Waals surface area contributed by atoms with Gasteiger partial charge >= 0.3 is 0 Å². The highest BCUT2D eigenvalue weighted by molar-refractivity contribution is 9.10. The predicted molar refractivity (Wildman–Crippen MR) is 100 cm³/mol. The van der Waals surface area contributed by atoms with Crippen LogP contribution in [0.15, 0.2) is 40.9 Å². The molecular formula is C18H19BrClFN2O. The Kier molecular flexibility index (Phi) is 6.78. The third-order valence-electron chi connectivity index (χ3n) is 4.01. The average molecular weight is 414 g/mol. The van der Waals surface area contributed by atoms with Gasteiger partial charge in [0, 0.05) is 17.4 Å². The fourth-order valence-corrected chi connectivity index (χ4v) is 3.24. The molecule has 1 heterocycles. The zero-order valence-electron chi connectivity index (χ0n) is 13.1. The number of hydrogen-bond donors (Lipinski definition) is 2. The van der Waals surface area contributed by atoms with Crippen LogP contribution in [0.1, 0.15) is 23.1 Å². The molecule has 0 radical (unpaired) electrons. The Morgan fingerprint density at radius 3 is 2.92 bits per heavy atom. The summed E-state index contributed by atoms with van der Waals surface area (Å²) >= 11 is 3.41. The van der Waals surface area contributed by atoms with E-state index in [0.717, 1.165) is 22.1 Å². The van der Waals surface area contributed by atoms with Crippen molar-refractivity contribution >= 4 is 39.9 Å². The van der Waals surface area contributed by atoms with Gasteiger partial charge in [-0.05, 0) is 54.3 Å². The minimum Gasteiger partial charge on any atom is -0.324 e. The van der Waals surface area contributed by atoms with E-state index in [-0.39, 0.29) is 29.8 Å². The van der Waals surface area contributed by atoms with Gasteiger partial charge in [-0.2, -0.15) is 0 Å². The molecule has 1 amide bonds. The second-order valence-corrected chi connectivity index (χ2v) is 6.59. The van der Waals surface area contributed by atoms with Crippen LogP contribution in [-0.4, -0.2) is 12.5 Å². The van der Waals surface area contributed by atoms with Crippen LogP contribution in [-0.2, 0) is 24.2 Å². The van der Waals surface area contributed by atoms with Crippen LogP contribution in [0.25, 0.3) is 0 Å². The standard InChI is InChI=1S/C18H18BrFN2O.ClH/c19-14-3-1-2-12(10-14)4-7-17(23)22-16-6-5-13-11-21-9-8-15(13)18(16)20;/h1-3,5-6,10,21H,4,7-9,11H2,(H,22,23);1H. The van der Waals surface area contributed by atoms with Gasteiger partial charge in [0.05, 0.1) is 5.69 Å². The number of nitrogens with one attached hydrogen (secondary N) is 2. The summed E-state index contributed by atoms with van der Waals surface area (Å²) in [4.78, 5) is 12.1. The van der Waals surface area contributed by atoms with Gasteiger partial charge in [0.15, 0.2) is 0 Å². The van der Waals surface area contributed by atoms with E-state index in [2.05, 4.69) is 26.6 Å². The third-order valence-corrected chi connectivity index (χ3v) is 4.50. The van der Waals surface area contributed by atoms with Gasteiger partial charge in [-0.15, -0.1) is 12.4 Å². The SMILES string of the molecule is Cl.O=C(CCc1cccc(Br)c1)Nc1ccc2c(c1F)CCNC2. The summed E-state index contributed by atoms with van der Waals surface area (Å²) in [7, 11) is 0. The van der Waals surface area contributed by atoms with Crippen LogP contribution < -0.4 is 10.6 Å². The number of carbonyl (C=O) groups is 1. The van der Waals surface area contributed by atoms with E-state index in [1.165, 1.54) is 0 Å². The van der Waals surface area contributed by atoms with E-state index in [1.807, 2.05) is 30.3 Å². The lowest BCUT2D eigenvalue weighted by atomic mass is 9.99. The molecule has 2 aromatic rings. The molecule has 2 N–H and O–H groups in total. The lowest BCUT2D eigenvalue weighted by Gasteiger charge is -2.19. The Labute approximate surface area is 155 Å². The summed E-state index contributed by atoms with van der Waals surface area (Å²) in [5, 5.41) is 5.91. The lowest BCUT2D eigenvalue weighted by molar-refractivity contribution is -0.116. The Hall–Kier alpha value is -1.43. The first kappa shape index (κ1) is 18.9. The average Bonchev–Trinajstić information content (AvgIpc) is 2.56. The van der Waals surface area contributed by atoms with Gasteiger partial charge in [-0.25, -0.2) is 4.39 Å². The van der Waals surface area contributed by atoms with Crippen molar-refractivity contribution < 1.29 is 9.18 Å². The highest BCUT2D eigenvalue weighted by Crippen LogP contribution is 2.24. The fraction of sp³-hybridized carbons (Fsp3) is 0.278. The van der Waals surface area contributed by atoms with Crippen molar-refractivity contribution in [2.24, 2.45) is 0 Å². The number of benzene rings is 2. The molecule has 3 nitrogen and oxygen atoms in total. The smallest absolute Gasteiger partial charge is 0.224 e. The van der Waals surface area contributed by atoms with Crippen molar-refractivity contribution in [3.05, 3.63) is 63.4 Å². The van der Waals surface area contributed by atoms with Crippen molar-refractivity contribution in [2.45, 2.75) is 25.8 Å². The number of halogens is 3. The molecule has 6 heteroatoms. The number of rotatable bonds is 4. The maximum atomic E-state index is 14.5. The maximum absolute atomic E-state index is 14.5. The Morgan fingerprint density at radius 1 is 1.29 bits per heavy atom. The molecule has 128 valence electrons. The van der Waals surface area contributed by atoms with Crippen molar-refractivity contribution in [1.82, 2.24) is 5.32 Å². The molecule has 0 aromatic heterocycles. The van der Waals surface area contributed by atoms with Crippen LogP contribution in [0.3, 0.4) is 0 Å². The first-order chi connectivity index (χ1) is 11.1. The second kappa shape index (κ2) is 8.60. The second-order valence-electron chi connectivity index (χ2n) is 5.67. The van der Waals surface area contributed by atoms with Gasteiger partial charge in [-0.3, -0.25) is 4.79 Å². The zero-order chi connectivity index (χ0) is 16.2. The molecule has 0 atom stereocenters. The quantitative estimate of drug-likeness (QED) is 0.788. The number of aryl methyl sites for hydroxylation is 1. The monoisotopic (exact) mass is 412 g/mol. The first-order valence-electron chi connectivity index (χ1n) is 7.69. The molecule has 0 unspecified atom stereocenters. The van der Waals surface area contributed by atoms with Crippen molar-refractivity contribution in [3.63, 3.8) is 0 Å². The minimum atomic E-state index is -0.292. The third kappa shape index (κ3) is 4.56. The summed E-state index contributed by atoms with van der Waals surface area (Å²) in [6.07, 6.45) is 1.61. The largest absolute Gasteiger partial charge is 0.324 e. The summed E-state index contributed by atoms with van der Waals surface area (Å²) in [5.41, 5.74) is 3.05. The summed E-state index contributed by atoms with van der Waals surface area (Å²) < 4.78 is 15.5. The van der Waals surface area contributed by atoms with Crippen LogP contribution in [0.5, 0.6) is 0 Å². The van der Waals surface area contributed by atoms with Gasteiger partial charge < -0.3 is 10.6 Å². The van der Waals surface area contributed by atoms with Gasteiger partial charge in [-0.1, -0.05) is 34.1 Å². The van der Waals surface area contributed by atoms with Gasteiger partial charge in [0.25, 0.3) is 0 Å². The Bertz CT molecular complexity index is 739. The van der Waals surface area contributed by atoms with Crippen LogP contribution in [0, 0.1) is 5.82 Å².